The molecule has 2 aromatic rings. The van der Waals surface area contributed by atoms with Gasteiger partial charge in [-0.3, -0.25) is 4.79 Å². The van der Waals surface area contributed by atoms with Crippen LogP contribution in [0.5, 0.6) is 11.5 Å². The van der Waals surface area contributed by atoms with Crippen LogP contribution >= 0.6 is 0 Å². The van der Waals surface area contributed by atoms with Gasteiger partial charge >= 0.3 is 6.18 Å². The maximum atomic E-state index is 13.0. The van der Waals surface area contributed by atoms with Gasteiger partial charge in [-0.15, -0.1) is 0 Å². The van der Waals surface area contributed by atoms with Crippen molar-refractivity contribution >= 4 is 11.7 Å². The summed E-state index contributed by atoms with van der Waals surface area (Å²) in [7, 11) is 0. The Kier molecular flexibility index (Phi) is 8.16. The second-order valence-corrected chi connectivity index (χ2v) is 7.54. The molecule has 172 valence electrons. The van der Waals surface area contributed by atoms with Gasteiger partial charge in [-0.2, -0.15) is 13.2 Å². The molecule has 0 saturated carbocycles. The van der Waals surface area contributed by atoms with E-state index in [4.69, 9.17) is 9.47 Å². The lowest BCUT2D eigenvalue weighted by atomic mass is 10.0. The van der Waals surface area contributed by atoms with Crippen LogP contribution < -0.4 is 20.1 Å². The summed E-state index contributed by atoms with van der Waals surface area (Å²) in [5.41, 5.74) is 0.918. The van der Waals surface area contributed by atoms with Crippen molar-refractivity contribution in [1.82, 2.24) is 10.6 Å². The average molecular weight is 448 g/mol. The minimum atomic E-state index is -4.48. The number of amides is 1. The molecule has 2 N–H and O–H groups in total. The molecule has 1 atom stereocenters. The highest BCUT2D eigenvalue weighted by Crippen LogP contribution is 2.29. The summed E-state index contributed by atoms with van der Waals surface area (Å²) < 4.78 is 48.5. The van der Waals surface area contributed by atoms with Gasteiger partial charge in [0.25, 0.3) is 5.91 Å². The summed E-state index contributed by atoms with van der Waals surface area (Å²) >= 11 is 0. The van der Waals surface area contributed by atoms with E-state index in [1.165, 1.54) is 18.2 Å². The van der Waals surface area contributed by atoms with E-state index >= 15 is 0 Å². The number of carbonyl (C=O) groups excluding carboxylic acids is 1. The molecular formula is C24H27F3N2O3. The molecule has 1 heterocycles. The quantitative estimate of drug-likeness (QED) is 0.562. The zero-order valence-electron chi connectivity index (χ0n) is 17.9. The SMILES string of the molecule is CC=C(Oc1ccc(OCC(F)(F)F)cc1C(=O)NCC1CCCCN1)c1ccccc1. The number of rotatable bonds is 8. The van der Waals surface area contributed by atoms with E-state index in [0.717, 1.165) is 31.4 Å². The van der Waals surface area contributed by atoms with Gasteiger partial charge in [0.05, 0.1) is 5.56 Å². The summed E-state index contributed by atoms with van der Waals surface area (Å²) in [6, 6.07) is 13.6. The maximum absolute atomic E-state index is 13.0. The topological polar surface area (TPSA) is 59.6 Å². The first kappa shape index (κ1) is 23.7. The summed E-state index contributed by atoms with van der Waals surface area (Å²) in [5, 5.41) is 6.21. The molecule has 1 saturated heterocycles. The Bertz CT molecular complexity index is 924. The van der Waals surface area contributed by atoms with Crippen molar-refractivity contribution in [2.75, 3.05) is 19.7 Å². The molecule has 1 unspecified atom stereocenters. The standard InChI is InChI=1S/C24H27F3N2O3/c1-2-21(17-8-4-3-5-9-17)32-22-12-11-19(31-16-24(25,26)27)14-20(22)23(30)29-15-18-10-6-7-13-28-18/h2-5,8-9,11-12,14,18,28H,6-7,10,13,15-16H2,1H3,(H,29,30). The maximum Gasteiger partial charge on any atom is 0.422 e. The second kappa shape index (κ2) is 11.0. The van der Waals surface area contributed by atoms with Gasteiger partial charge < -0.3 is 20.1 Å². The molecule has 8 heteroatoms. The lowest BCUT2D eigenvalue weighted by molar-refractivity contribution is -0.153. The second-order valence-electron chi connectivity index (χ2n) is 7.54. The number of hydrogen-bond donors (Lipinski definition) is 2. The molecule has 1 amide bonds. The van der Waals surface area contributed by atoms with Gasteiger partial charge in [-0.25, -0.2) is 0 Å². The van der Waals surface area contributed by atoms with Crippen molar-refractivity contribution < 1.29 is 27.4 Å². The highest BCUT2D eigenvalue weighted by Gasteiger charge is 2.29. The number of hydrogen-bond acceptors (Lipinski definition) is 4. The Labute approximate surface area is 185 Å². The lowest BCUT2D eigenvalue weighted by Crippen LogP contribution is -2.43. The van der Waals surface area contributed by atoms with Gasteiger partial charge in [0.2, 0.25) is 0 Å². The fourth-order valence-corrected chi connectivity index (χ4v) is 3.45. The molecule has 0 radical (unpaired) electrons. The number of piperidine rings is 1. The predicted octanol–water partition coefficient (Wildman–Crippen LogP) is 4.94. The van der Waals surface area contributed by atoms with E-state index in [1.54, 1.807) is 13.0 Å². The minimum Gasteiger partial charge on any atom is -0.484 e. The first-order valence-electron chi connectivity index (χ1n) is 10.6. The van der Waals surface area contributed by atoms with Crippen LogP contribution in [0.15, 0.2) is 54.6 Å². The van der Waals surface area contributed by atoms with E-state index in [-0.39, 0.29) is 23.1 Å². The van der Waals surface area contributed by atoms with Crippen LogP contribution in [0, 0.1) is 0 Å². The fourth-order valence-electron chi connectivity index (χ4n) is 3.45. The van der Waals surface area contributed by atoms with Crippen LogP contribution in [0.2, 0.25) is 0 Å². The largest absolute Gasteiger partial charge is 0.484 e. The molecule has 0 bridgehead atoms. The third-order valence-corrected chi connectivity index (χ3v) is 5.06. The number of halogens is 3. The Morgan fingerprint density at radius 3 is 2.62 bits per heavy atom. The van der Waals surface area contributed by atoms with Crippen LogP contribution in [0.1, 0.15) is 42.1 Å². The summed E-state index contributed by atoms with van der Waals surface area (Å²) in [5.74, 6) is 0.263. The smallest absolute Gasteiger partial charge is 0.422 e. The van der Waals surface area contributed by atoms with E-state index in [0.29, 0.717) is 12.3 Å². The number of benzene rings is 2. The third-order valence-electron chi connectivity index (χ3n) is 5.06. The van der Waals surface area contributed by atoms with Crippen LogP contribution in [-0.2, 0) is 0 Å². The summed E-state index contributed by atoms with van der Waals surface area (Å²) in [6.45, 7) is 1.68. The van der Waals surface area contributed by atoms with Gasteiger partial charge in [-0.1, -0.05) is 36.8 Å². The zero-order chi connectivity index (χ0) is 23.0. The lowest BCUT2D eigenvalue weighted by Gasteiger charge is -2.24. The molecule has 0 aliphatic carbocycles. The van der Waals surface area contributed by atoms with Crippen LogP contribution in [0.3, 0.4) is 0 Å². The fraction of sp³-hybridized carbons (Fsp3) is 0.375. The van der Waals surface area contributed by atoms with E-state index < -0.39 is 18.7 Å². The van der Waals surface area contributed by atoms with Gasteiger partial charge in [-0.05, 0) is 50.6 Å². The molecule has 0 spiro atoms. The van der Waals surface area contributed by atoms with Crippen LogP contribution in [0.4, 0.5) is 13.2 Å². The summed E-state index contributed by atoms with van der Waals surface area (Å²) in [4.78, 5) is 13.0. The average Bonchev–Trinajstić information content (AvgIpc) is 2.80. The molecule has 32 heavy (non-hydrogen) atoms. The molecule has 2 aromatic carbocycles. The van der Waals surface area contributed by atoms with Crippen molar-refractivity contribution in [3.05, 3.63) is 65.7 Å². The monoisotopic (exact) mass is 448 g/mol. The van der Waals surface area contributed by atoms with E-state index in [1.807, 2.05) is 30.3 Å². The Balaban J connectivity index is 1.81. The van der Waals surface area contributed by atoms with Crippen molar-refractivity contribution in [3.8, 4) is 11.5 Å². The molecule has 3 rings (SSSR count). The molecule has 1 aliphatic heterocycles. The minimum absolute atomic E-state index is 0.0580. The zero-order valence-corrected chi connectivity index (χ0v) is 17.9. The van der Waals surface area contributed by atoms with Crippen molar-refractivity contribution in [3.63, 3.8) is 0 Å². The van der Waals surface area contributed by atoms with Crippen LogP contribution in [0.25, 0.3) is 5.76 Å². The predicted molar refractivity (Wildman–Crippen MR) is 117 cm³/mol. The van der Waals surface area contributed by atoms with Gasteiger partial charge in [0.1, 0.15) is 17.3 Å². The first-order valence-corrected chi connectivity index (χ1v) is 10.6. The number of ether oxygens (including phenoxy) is 2. The van der Waals surface area contributed by atoms with Crippen molar-refractivity contribution in [2.24, 2.45) is 0 Å². The van der Waals surface area contributed by atoms with Crippen LogP contribution in [-0.4, -0.2) is 37.8 Å². The first-order chi connectivity index (χ1) is 15.4. The van der Waals surface area contributed by atoms with Gasteiger partial charge in [0, 0.05) is 18.2 Å². The van der Waals surface area contributed by atoms with Gasteiger partial charge in [0.15, 0.2) is 6.61 Å². The molecule has 0 aromatic heterocycles. The molecular weight excluding hydrogens is 421 g/mol. The molecule has 5 nitrogen and oxygen atoms in total. The Morgan fingerprint density at radius 2 is 1.97 bits per heavy atom. The highest BCUT2D eigenvalue weighted by atomic mass is 19.4. The van der Waals surface area contributed by atoms with E-state index in [2.05, 4.69) is 10.6 Å². The van der Waals surface area contributed by atoms with E-state index in [9.17, 15) is 18.0 Å². The number of allylic oxidation sites excluding steroid dienone is 1. The number of carbonyl (C=O) groups is 1. The Hall–Kier alpha value is -3.00. The third kappa shape index (κ3) is 7.02. The van der Waals surface area contributed by atoms with Crippen molar-refractivity contribution in [2.45, 2.75) is 38.4 Å². The van der Waals surface area contributed by atoms with Crippen molar-refractivity contribution in [1.29, 1.82) is 0 Å². The Morgan fingerprint density at radius 1 is 1.19 bits per heavy atom. The number of alkyl halides is 3. The molecule has 1 fully saturated rings. The normalized spacial score (nSPS) is 17.0. The molecule has 1 aliphatic rings. The summed E-state index contributed by atoms with van der Waals surface area (Å²) in [6.07, 6.45) is 0.429. The number of nitrogens with one attached hydrogen (secondary N) is 2. The highest BCUT2D eigenvalue weighted by molar-refractivity contribution is 5.97.